The van der Waals surface area contributed by atoms with Crippen molar-refractivity contribution in [1.82, 2.24) is 0 Å². The van der Waals surface area contributed by atoms with E-state index in [2.05, 4.69) is 5.92 Å². The lowest BCUT2D eigenvalue weighted by Crippen LogP contribution is -1.81. The highest BCUT2D eigenvalue weighted by Gasteiger charge is 2.02. The Morgan fingerprint density at radius 3 is 2.70 bits per heavy atom. The van der Waals surface area contributed by atoms with Gasteiger partial charge in [0.05, 0.1) is 5.56 Å². The van der Waals surface area contributed by atoms with Gasteiger partial charge in [-0.2, -0.15) is 0 Å². The van der Waals surface area contributed by atoms with E-state index in [4.69, 9.17) is 11.5 Å². The van der Waals surface area contributed by atoms with Crippen molar-refractivity contribution in [2.75, 3.05) is 0 Å². The maximum atomic E-state index is 12.6. The van der Waals surface area contributed by atoms with Crippen LogP contribution in [0.15, 0.2) is 18.2 Å². The molecule has 1 aromatic rings. The number of hydrogen-bond acceptors (Lipinski definition) is 1. The summed E-state index contributed by atoms with van der Waals surface area (Å²) in [5.74, 6) is 0.963. The number of rotatable bonds is 0. The van der Waals surface area contributed by atoms with Crippen LogP contribution in [0.1, 0.15) is 5.56 Å². The smallest absolute Gasteiger partial charge is 0.180 e. The molecule has 0 saturated carbocycles. The molecule has 2 heteroatoms. The Balaban J connectivity index is 3.31. The average molecular weight is 136 g/mol. The standard InChI is InChI=1S/C8H5FO/c1-2-6-4-3-5-7(10)8(6)9/h1,3-5,10H. The van der Waals surface area contributed by atoms with Crippen LogP contribution < -0.4 is 0 Å². The number of terminal acetylenes is 1. The maximum absolute atomic E-state index is 12.6. The van der Waals surface area contributed by atoms with Gasteiger partial charge in [-0.1, -0.05) is 12.0 Å². The van der Waals surface area contributed by atoms with Crippen LogP contribution in [0.4, 0.5) is 4.39 Å². The number of hydrogen-bond donors (Lipinski definition) is 1. The van der Waals surface area contributed by atoms with Gasteiger partial charge >= 0.3 is 0 Å². The summed E-state index contributed by atoms with van der Waals surface area (Å²) in [4.78, 5) is 0. The zero-order valence-electron chi connectivity index (χ0n) is 5.13. The van der Waals surface area contributed by atoms with Crippen molar-refractivity contribution in [3.63, 3.8) is 0 Å². The van der Waals surface area contributed by atoms with E-state index in [9.17, 15) is 4.39 Å². The molecule has 1 rings (SSSR count). The van der Waals surface area contributed by atoms with Crippen molar-refractivity contribution >= 4 is 0 Å². The van der Waals surface area contributed by atoms with E-state index in [1.54, 1.807) is 0 Å². The Bertz CT molecular complexity index is 286. The van der Waals surface area contributed by atoms with Crippen LogP contribution >= 0.6 is 0 Å². The Kier molecular flexibility index (Phi) is 1.59. The minimum atomic E-state index is -0.731. The molecular formula is C8H5FO. The van der Waals surface area contributed by atoms with Gasteiger partial charge in [0.15, 0.2) is 11.6 Å². The fourth-order valence-electron chi connectivity index (χ4n) is 0.631. The summed E-state index contributed by atoms with van der Waals surface area (Å²) in [6.07, 6.45) is 4.92. The largest absolute Gasteiger partial charge is 0.505 e. The summed E-state index contributed by atoms with van der Waals surface area (Å²) in [6.45, 7) is 0. The van der Waals surface area contributed by atoms with E-state index in [-0.39, 0.29) is 5.56 Å². The molecule has 0 aliphatic rings. The first-order chi connectivity index (χ1) is 4.75. The lowest BCUT2D eigenvalue weighted by atomic mass is 10.2. The fourth-order valence-corrected chi connectivity index (χ4v) is 0.631. The summed E-state index contributed by atoms with van der Waals surface area (Å²) in [5, 5.41) is 8.76. The third kappa shape index (κ3) is 0.939. The molecule has 0 amide bonds. The van der Waals surface area contributed by atoms with Crippen molar-refractivity contribution in [2.45, 2.75) is 0 Å². The van der Waals surface area contributed by atoms with Crippen LogP contribution in [-0.2, 0) is 0 Å². The van der Waals surface area contributed by atoms with Crippen LogP contribution in [0.25, 0.3) is 0 Å². The van der Waals surface area contributed by atoms with E-state index < -0.39 is 11.6 Å². The Morgan fingerprint density at radius 2 is 2.20 bits per heavy atom. The number of halogens is 1. The summed E-state index contributed by atoms with van der Waals surface area (Å²) in [7, 11) is 0. The number of phenols is 1. The molecule has 10 heavy (non-hydrogen) atoms. The fraction of sp³-hybridized carbons (Fsp3) is 0. The van der Waals surface area contributed by atoms with Gasteiger partial charge in [0.2, 0.25) is 0 Å². The highest BCUT2D eigenvalue weighted by atomic mass is 19.1. The third-order valence-electron chi connectivity index (χ3n) is 1.13. The van der Waals surface area contributed by atoms with E-state index in [1.807, 2.05) is 0 Å². The topological polar surface area (TPSA) is 20.2 Å². The van der Waals surface area contributed by atoms with E-state index >= 15 is 0 Å². The van der Waals surface area contributed by atoms with Crippen molar-refractivity contribution < 1.29 is 9.50 Å². The zero-order chi connectivity index (χ0) is 7.56. The third-order valence-corrected chi connectivity index (χ3v) is 1.13. The first-order valence-electron chi connectivity index (χ1n) is 2.70. The molecule has 0 bridgehead atoms. The summed E-state index contributed by atoms with van der Waals surface area (Å²) in [6, 6.07) is 4.17. The highest BCUT2D eigenvalue weighted by Crippen LogP contribution is 2.16. The minimum absolute atomic E-state index is 0.0833. The van der Waals surface area contributed by atoms with Gasteiger partial charge in [-0.3, -0.25) is 0 Å². The normalized spacial score (nSPS) is 8.80. The molecule has 1 aromatic carbocycles. The first-order valence-corrected chi connectivity index (χ1v) is 2.70. The highest BCUT2D eigenvalue weighted by molar-refractivity contribution is 5.39. The zero-order valence-corrected chi connectivity index (χ0v) is 5.13. The molecule has 0 atom stereocenters. The van der Waals surface area contributed by atoms with Gasteiger partial charge in [-0.25, -0.2) is 4.39 Å². The molecule has 0 saturated heterocycles. The van der Waals surface area contributed by atoms with Gasteiger partial charge in [0, 0.05) is 0 Å². The lowest BCUT2D eigenvalue weighted by molar-refractivity contribution is 0.431. The quantitative estimate of drug-likeness (QED) is 0.536. The molecule has 0 aromatic heterocycles. The Labute approximate surface area is 58.1 Å². The van der Waals surface area contributed by atoms with Gasteiger partial charge in [0.25, 0.3) is 0 Å². The monoisotopic (exact) mass is 136 g/mol. The van der Waals surface area contributed by atoms with Gasteiger partial charge in [0.1, 0.15) is 0 Å². The predicted molar refractivity (Wildman–Crippen MR) is 36.0 cm³/mol. The summed E-state index contributed by atoms with van der Waals surface area (Å²) in [5.41, 5.74) is 0.0833. The van der Waals surface area contributed by atoms with E-state index in [1.165, 1.54) is 18.2 Å². The Hall–Kier alpha value is -1.49. The molecule has 0 heterocycles. The molecule has 50 valence electrons. The van der Waals surface area contributed by atoms with Crippen LogP contribution in [0, 0.1) is 18.2 Å². The molecule has 0 aliphatic carbocycles. The van der Waals surface area contributed by atoms with Crippen molar-refractivity contribution in [3.8, 4) is 18.1 Å². The minimum Gasteiger partial charge on any atom is -0.505 e. The molecule has 0 unspecified atom stereocenters. The molecule has 0 fully saturated rings. The van der Waals surface area contributed by atoms with Gasteiger partial charge in [-0.05, 0) is 12.1 Å². The van der Waals surface area contributed by atoms with Crippen molar-refractivity contribution in [1.29, 1.82) is 0 Å². The Morgan fingerprint density at radius 1 is 1.50 bits per heavy atom. The van der Waals surface area contributed by atoms with Gasteiger partial charge < -0.3 is 5.11 Å². The summed E-state index contributed by atoms with van der Waals surface area (Å²) < 4.78 is 12.6. The summed E-state index contributed by atoms with van der Waals surface area (Å²) >= 11 is 0. The molecular weight excluding hydrogens is 131 g/mol. The van der Waals surface area contributed by atoms with Crippen molar-refractivity contribution in [3.05, 3.63) is 29.6 Å². The first kappa shape index (κ1) is 6.63. The average Bonchev–Trinajstić information content (AvgIpc) is 1.95. The van der Waals surface area contributed by atoms with Crippen LogP contribution in [-0.4, -0.2) is 5.11 Å². The second-order valence-corrected chi connectivity index (χ2v) is 1.78. The van der Waals surface area contributed by atoms with E-state index in [0.29, 0.717) is 0 Å². The van der Waals surface area contributed by atoms with Gasteiger partial charge in [-0.15, -0.1) is 6.42 Å². The maximum Gasteiger partial charge on any atom is 0.180 e. The molecule has 1 nitrogen and oxygen atoms in total. The van der Waals surface area contributed by atoms with Crippen LogP contribution in [0.5, 0.6) is 5.75 Å². The lowest BCUT2D eigenvalue weighted by Gasteiger charge is -1.94. The van der Waals surface area contributed by atoms with Crippen molar-refractivity contribution in [2.24, 2.45) is 0 Å². The number of benzene rings is 1. The molecule has 1 N–H and O–H groups in total. The van der Waals surface area contributed by atoms with E-state index in [0.717, 1.165) is 0 Å². The number of phenolic OH excluding ortho intramolecular Hbond substituents is 1. The molecule has 0 aliphatic heterocycles. The molecule has 0 spiro atoms. The second kappa shape index (κ2) is 2.40. The molecule has 0 radical (unpaired) electrons. The number of aromatic hydroxyl groups is 1. The SMILES string of the molecule is C#Cc1cccc(O)c1F. The van der Waals surface area contributed by atoms with Crippen LogP contribution in [0.2, 0.25) is 0 Å². The predicted octanol–water partition coefficient (Wildman–Crippen LogP) is 1.51. The second-order valence-electron chi connectivity index (χ2n) is 1.78. The van der Waals surface area contributed by atoms with Crippen LogP contribution in [0.3, 0.4) is 0 Å².